The minimum Gasteiger partial charge on any atom is -0.350 e. The van der Waals surface area contributed by atoms with E-state index in [1.165, 1.54) is 32.5 Å². The van der Waals surface area contributed by atoms with E-state index in [4.69, 9.17) is 0 Å². The number of carbonyl (C=O) groups excluding carboxylic acids is 1. The molecule has 4 atom stereocenters. The van der Waals surface area contributed by atoms with Gasteiger partial charge in [-0.15, -0.1) is 0 Å². The van der Waals surface area contributed by atoms with Crippen LogP contribution < -0.4 is 5.32 Å². The van der Waals surface area contributed by atoms with E-state index in [1.807, 2.05) is 30.3 Å². The van der Waals surface area contributed by atoms with Gasteiger partial charge in [0.05, 0.1) is 0 Å². The minimum absolute atomic E-state index is 0.0493. The molecule has 0 radical (unpaired) electrons. The molecule has 2 bridgehead atoms. The highest BCUT2D eigenvalue weighted by Gasteiger charge is 2.40. The predicted octanol–water partition coefficient (Wildman–Crippen LogP) is 1.62. The molecule has 4 rings (SSSR count). The van der Waals surface area contributed by atoms with Crippen LogP contribution in [-0.2, 0) is 0 Å². The van der Waals surface area contributed by atoms with Crippen LogP contribution in [0, 0.1) is 11.8 Å². The Hall–Kier alpha value is -1.43. The van der Waals surface area contributed by atoms with Crippen molar-refractivity contribution in [2.75, 3.05) is 60.4 Å². The van der Waals surface area contributed by atoms with Crippen LogP contribution in [0.1, 0.15) is 23.2 Å². The highest BCUT2D eigenvalue weighted by Crippen LogP contribution is 2.36. The molecule has 5 nitrogen and oxygen atoms in total. The molecule has 3 fully saturated rings. The number of nitrogens with one attached hydrogen (secondary N) is 1. The Morgan fingerprint density at radius 3 is 2.62 bits per heavy atom. The maximum atomic E-state index is 12.3. The third kappa shape index (κ3) is 5.06. The average molecular weight is 359 g/mol. The predicted molar refractivity (Wildman–Crippen MR) is 106 cm³/mol. The summed E-state index contributed by atoms with van der Waals surface area (Å²) in [6, 6.07) is 10.0. The fourth-order valence-corrected chi connectivity index (χ4v) is 4.43. The van der Waals surface area contributed by atoms with Crippen molar-refractivity contribution in [3.63, 3.8) is 0 Å². The van der Waals surface area contributed by atoms with Crippen molar-refractivity contribution in [3.05, 3.63) is 35.9 Å². The molecule has 3 aliphatic rings. The smallest absolute Gasteiger partial charge is 0.251 e. The zero-order valence-corrected chi connectivity index (χ0v) is 16.5. The standard InChI is InChI=1S/C21H34N4O/c1-23(2)11-12-24(3)15-19-16-25-10-9-18(19)13-20(25)14-22-21(26)17-7-5-4-6-8-17/h4-8,18-20H,9-16H2,1-3H3,(H,22,26). The highest BCUT2D eigenvalue weighted by molar-refractivity contribution is 5.94. The molecule has 3 saturated heterocycles. The normalized spacial score (nSPS) is 27.9. The average Bonchev–Trinajstić information content (AvgIpc) is 2.66. The Bertz CT molecular complexity index is 577. The van der Waals surface area contributed by atoms with Gasteiger partial charge in [0, 0.05) is 44.3 Å². The molecule has 3 aliphatic heterocycles. The van der Waals surface area contributed by atoms with E-state index >= 15 is 0 Å². The molecule has 144 valence electrons. The number of hydrogen-bond donors (Lipinski definition) is 1. The van der Waals surface area contributed by atoms with Crippen LogP contribution in [0.2, 0.25) is 0 Å². The van der Waals surface area contributed by atoms with E-state index in [0.29, 0.717) is 6.04 Å². The van der Waals surface area contributed by atoms with Crippen molar-refractivity contribution in [3.8, 4) is 0 Å². The molecule has 1 N–H and O–H groups in total. The first-order valence-corrected chi connectivity index (χ1v) is 9.93. The summed E-state index contributed by atoms with van der Waals surface area (Å²) in [4.78, 5) is 19.6. The summed E-state index contributed by atoms with van der Waals surface area (Å²) >= 11 is 0. The van der Waals surface area contributed by atoms with Crippen molar-refractivity contribution >= 4 is 5.91 Å². The molecule has 0 aromatic heterocycles. The number of carbonyl (C=O) groups is 1. The molecule has 1 amide bonds. The Morgan fingerprint density at radius 2 is 1.96 bits per heavy atom. The largest absolute Gasteiger partial charge is 0.350 e. The number of fused-ring (bicyclic) bond motifs is 3. The van der Waals surface area contributed by atoms with E-state index < -0.39 is 0 Å². The summed E-state index contributed by atoms with van der Waals surface area (Å²) in [5.74, 6) is 1.63. The van der Waals surface area contributed by atoms with Gasteiger partial charge < -0.3 is 15.1 Å². The number of nitrogens with zero attached hydrogens (tertiary/aromatic N) is 3. The third-order valence-corrected chi connectivity index (χ3v) is 6.02. The number of piperidine rings is 3. The van der Waals surface area contributed by atoms with Gasteiger partial charge in [-0.25, -0.2) is 0 Å². The number of benzene rings is 1. The maximum absolute atomic E-state index is 12.3. The Kier molecular flexibility index (Phi) is 6.68. The Morgan fingerprint density at radius 1 is 1.19 bits per heavy atom. The fraction of sp³-hybridized carbons (Fsp3) is 0.667. The monoisotopic (exact) mass is 358 g/mol. The van der Waals surface area contributed by atoms with Crippen molar-refractivity contribution in [1.29, 1.82) is 0 Å². The Balaban J connectivity index is 1.45. The second kappa shape index (κ2) is 8.98. The molecule has 3 heterocycles. The van der Waals surface area contributed by atoms with Gasteiger partial charge in [-0.3, -0.25) is 9.69 Å². The van der Waals surface area contributed by atoms with Gasteiger partial charge in [-0.1, -0.05) is 18.2 Å². The lowest BCUT2D eigenvalue weighted by Crippen LogP contribution is -2.58. The van der Waals surface area contributed by atoms with Gasteiger partial charge in [-0.2, -0.15) is 0 Å². The molecule has 5 heteroatoms. The van der Waals surface area contributed by atoms with E-state index in [-0.39, 0.29) is 5.91 Å². The molecule has 0 spiro atoms. The van der Waals surface area contributed by atoms with E-state index in [2.05, 4.69) is 41.2 Å². The first-order valence-electron chi connectivity index (χ1n) is 9.93. The van der Waals surface area contributed by atoms with Gasteiger partial charge in [0.2, 0.25) is 0 Å². The van der Waals surface area contributed by atoms with Crippen molar-refractivity contribution < 1.29 is 4.79 Å². The second-order valence-corrected chi connectivity index (χ2v) is 8.33. The van der Waals surface area contributed by atoms with Gasteiger partial charge >= 0.3 is 0 Å². The molecule has 1 aromatic rings. The lowest BCUT2D eigenvalue weighted by Gasteiger charge is -2.50. The van der Waals surface area contributed by atoms with Gasteiger partial charge in [0.1, 0.15) is 0 Å². The molecule has 26 heavy (non-hydrogen) atoms. The lowest BCUT2D eigenvalue weighted by atomic mass is 9.75. The van der Waals surface area contributed by atoms with Crippen molar-refractivity contribution in [1.82, 2.24) is 20.0 Å². The summed E-state index contributed by atoms with van der Waals surface area (Å²) in [7, 11) is 6.52. The summed E-state index contributed by atoms with van der Waals surface area (Å²) in [6.07, 6.45) is 2.54. The van der Waals surface area contributed by atoms with Crippen molar-refractivity contribution in [2.24, 2.45) is 11.8 Å². The second-order valence-electron chi connectivity index (χ2n) is 8.33. The summed E-state index contributed by atoms with van der Waals surface area (Å²) < 4.78 is 0. The molecule has 4 unspecified atom stereocenters. The number of amides is 1. The van der Waals surface area contributed by atoms with Crippen molar-refractivity contribution in [2.45, 2.75) is 18.9 Å². The number of hydrogen-bond acceptors (Lipinski definition) is 4. The van der Waals surface area contributed by atoms with E-state index in [0.717, 1.165) is 37.0 Å². The quantitative estimate of drug-likeness (QED) is 0.766. The van der Waals surface area contributed by atoms with Crippen LogP contribution in [0.15, 0.2) is 30.3 Å². The highest BCUT2D eigenvalue weighted by atomic mass is 16.1. The zero-order valence-electron chi connectivity index (χ0n) is 16.5. The first kappa shape index (κ1) is 19.3. The topological polar surface area (TPSA) is 38.8 Å². The number of likely N-dealkylation sites (N-methyl/N-ethyl adjacent to an activating group) is 2. The maximum Gasteiger partial charge on any atom is 0.251 e. The first-order chi connectivity index (χ1) is 12.5. The van der Waals surface area contributed by atoms with E-state index in [9.17, 15) is 4.79 Å². The minimum atomic E-state index is 0.0493. The third-order valence-electron chi connectivity index (χ3n) is 6.02. The van der Waals surface area contributed by atoms with Crippen LogP contribution in [-0.4, -0.2) is 87.1 Å². The summed E-state index contributed by atoms with van der Waals surface area (Å²) in [5.41, 5.74) is 0.754. The van der Waals surface area contributed by atoms with Crippen LogP contribution in [0.25, 0.3) is 0 Å². The van der Waals surface area contributed by atoms with Crippen LogP contribution in [0.3, 0.4) is 0 Å². The zero-order chi connectivity index (χ0) is 18.5. The molecular formula is C21H34N4O. The Labute approximate surface area is 158 Å². The fourth-order valence-electron chi connectivity index (χ4n) is 4.43. The molecule has 0 saturated carbocycles. The van der Waals surface area contributed by atoms with Gasteiger partial charge in [-0.05, 0) is 64.5 Å². The summed E-state index contributed by atoms with van der Waals surface area (Å²) in [6.45, 7) is 6.58. The summed E-state index contributed by atoms with van der Waals surface area (Å²) in [5, 5.41) is 3.15. The molecular weight excluding hydrogens is 324 g/mol. The van der Waals surface area contributed by atoms with Gasteiger partial charge in [0.15, 0.2) is 0 Å². The van der Waals surface area contributed by atoms with Crippen LogP contribution >= 0.6 is 0 Å². The van der Waals surface area contributed by atoms with E-state index in [1.54, 1.807) is 0 Å². The lowest BCUT2D eigenvalue weighted by molar-refractivity contribution is -0.00916. The van der Waals surface area contributed by atoms with Gasteiger partial charge in [0.25, 0.3) is 5.91 Å². The van der Waals surface area contributed by atoms with Crippen LogP contribution in [0.4, 0.5) is 0 Å². The SMILES string of the molecule is CN(C)CCN(C)CC1CN2CCC1CC2CNC(=O)c1ccccc1. The molecule has 0 aliphatic carbocycles. The van der Waals surface area contributed by atoms with Crippen LogP contribution in [0.5, 0.6) is 0 Å². The molecule has 1 aromatic carbocycles. The number of rotatable bonds is 8.